The molecule has 0 unspecified atom stereocenters. The number of ether oxygens (including phenoxy) is 1. The number of pyridine rings is 1. The number of nitrogens with one attached hydrogen (secondary N) is 1. The molecule has 4 heterocycles. The molecule has 0 aliphatic carbocycles. The molecule has 0 saturated carbocycles. The molecule has 188 valence electrons. The van der Waals surface area contributed by atoms with Crippen molar-refractivity contribution in [3.05, 3.63) is 30.4 Å². The number of anilines is 3. The van der Waals surface area contributed by atoms with E-state index in [0.717, 1.165) is 42.8 Å². The summed E-state index contributed by atoms with van der Waals surface area (Å²) in [6, 6.07) is 4.28. The molecular formula is C25H36N8O2. The molecule has 1 fully saturated rings. The second kappa shape index (κ2) is 9.67. The van der Waals surface area contributed by atoms with Crippen LogP contribution in [0.4, 0.5) is 22.4 Å². The second-order valence-electron chi connectivity index (χ2n) is 10.4. The molecule has 10 nitrogen and oxygen atoms in total. The van der Waals surface area contributed by atoms with Crippen molar-refractivity contribution in [1.29, 1.82) is 0 Å². The molecule has 0 spiro atoms. The molecule has 1 aliphatic rings. The highest BCUT2D eigenvalue weighted by molar-refractivity contribution is 5.79. The molecule has 1 saturated heterocycles. The number of fused-ring (bicyclic) bond motifs is 1. The van der Waals surface area contributed by atoms with Crippen molar-refractivity contribution in [3.63, 3.8) is 0 Å². The van der Waals surface area contributed by atoms with Crippen molar-refractivity contribution in [2.24, 2.45) is 0 Å². The number of nitrogens with zero attached hydrogens (tertiary/aromatic N) is 7. The van der Waals surface area contributed by atoms with Crippen LogP contribution >= 0.6 is 0 Å². The van der Waals surface area contributed by atoms with Gasteiger partial charge in [0.2, 0.25) is 5.95 Å². The molecule has 4 rings (SSSR count). The summed E-state index contributed by atoms with van der Waals surface area (Å²) in [5.41, 5.74) is 1.42. The third-order valence-corrected chi connectivity index (χ3v) is 6.14. The zero-order valence-corrected chi connectivity index (χ0v) is 21.7. The zero-order chi connectivity index (χ0) is 25.3. The molecule has 0 radical (unpaired) electrons. The lowest BCUT2D eigenvalue weighted by atomic mass is 10.0. The first-order valence-electron chi connectivity index (χ1n) is 12.2. The lowest BCUT2D eigenvalue weighted by Crippen LogP contribution is -2.47. The Balaban J connectivity index is 1.42. The van der Waals surface area contributed by atoms with Crippen LogP contribution in [0.3, 0.4) is 0 Å². The van der Waals surface area contributed by atoms with Crippen molar-refractivity contribution in [2.75, 3.05) is 30.4 Å². The molecule has 3 aromatic rings. The first-order chi connectivity index (χ1) is 16.5. The number of carbonyl (C=O) groups excluding carboxylic acids is 1. The molecule has 0 atom stereocenters. The maximum absolute atomic E-state index is 12.4. The summed E-state index contributed by atoms with van der Waals surface area (Å²) in [6.07, 6.45) is 4.92. The summed E-state index contributed by atoms with van der Waals surface area (Å²) in [7, 11) is 1.81. The van der Waals surface area contributed by atoms with Gasteiger partial charge in [0.1, 0.15) is 28.6 Å². The van der Waals surface area contributed by atoms with E-state index in [4.69, 9.17) is 9.72 Å². The fourth-order valence-corrected chi connectivity index (χ4v) is 4.48. The average molecular weight is 481 g/mol. The fraction of sp³-hybridized carbons (Fsp3) is 0.560. The molecule has 1 N–H and O–H groups in total. The third-order valence-electron chi connectivity index (χ3n) is 6.14. The van der Waals surface area contributed by atoms with Crippen molar-refractivity contribution in [2.45, 2.75) is 72.1 Å². The Hall–Kier alpha value is -3.43. The number of imidazole rings is 1. The minimum absolute atomic E-state index is 0.132. The Morgan fingerprint density at radius 2 is 1.89 bits per heavy atom. The summed E-state index contributed by atoms with van der Waals surface area (Å²) >= 11 is 0. The van der Waals surface area contributed by atoms with Crippen LogP contribution < -0.4 is 10.2 Å². The smallest absolute Gasteiger partial charge is 0.410 e. The Labute approximate surface area is 206 Å². The minimum Gasteiger partial charge on any atom is -0.444 e. The van der Waals surface area contributed by atoms with E-state index in [1.807, 2.05) is 46.9 Å². The van der Waals surface area contributed by atoms with Crippen LogP contribution in [0, 0.1) is 6.92 Å². The topological polar surface area (TPSA) is 101 Å². The van der Waals surface area contributed by atoms with Crippen LogP contribution in [0.15, 0.2) is 24.5 Å². The number of aromatic nitrogens is 5. The molecule has 0 aromatic carbocycles. The van der Waals surface area contributed by atoms with Gasteiger partial charge in [-0.05, 0) is 60.5 Å². The largest absolute Gasteiger partial charge is 0.444 e. The van der Waals surface area contributed by atoms with Gasteiger partial charge in [-0.15, -0.1) is 0 Å². The van der Waals surface area contributed by atoms with E-state index in [2.05, 4.69) is 43.6 Å². The van der Waals surface area contributed by atoms with E-state index < -0.39 is 5.60 Å². The third kappa shape index (κ3) is 5.63. The van der Waals surface area contributed by atoms with E-state index >= 15 is 0 Å². The minimum atomic E-state index is -0.500. The SMILES string of the molecule is Cc1nc2cnc(Nc3ccnc(N4CCC(N(C)C(=O)OC(C)(C)C)CC4)n3)cc2n1C(C)C. The van der Waals surface area contributed by atoms with Gasteiger partial charge in [0.15, 0.2) is 0 Å². The van der Waals surface area contributed by atoms with E-state index in [0.29, 0.717) is 23.6 Å². The van der Waals surface area contributed by atoms with Gasteiger partial charge in [-0.1, -0.05) is 0 Å². The number of hydrogen-bond acceptors (Lipinski definition) is 8. The van der Waals surface area contributed by atoms with Crippen LogP contribution in [-0.4, -0.2) is 67.3 Å². The quantitative estimate of drug-likeness (QED) is 0.561. The number of rotatable bonds is 5. The number of aryl methyl sites for hydroxylation is 1. The van der Waals surface area contributed by atoms with Crippen LogP contribution in [0.1, 0.15) is 59.3 Å². The normalized spacial score (nSPS) is 15.0. The highest BCUT2D eigenvalue weighted by atomic mass is 16.6. The standard InChI is InChI=1S/C25H36N8O2/c1-16(2)33-17(3)28-19-15-27-22(14-20(19)33)29-21-8-11-26-23(30-21)32-12-9-18(10-13-32)31(7)24(34)35-25(4,5)6/h8,11,14-16,18H,9-10,12-13H2,1-7H3,(H,26,27,29,30). The monoisotopic (exact) mass is 480 g/mol. The molecule has 0 bridgehead atoms. The van der Waals surface area contributed by atoms with Crippen molar-refractivity contribution in [1.82, 2.24) is 29.4 Å². The Morgan fingerprint density at radius 1 is 1.17 bits per heavy atom. The summed E-state index contributed by atoms with van der Waals surface area (Å²) in [5, 5.41) is 3.32. The van der Waals surface area contributed by atoms with Gasteiger partial charge in [-0.2, -0.15) is 4.98 Å². The Morgan fingerprint density at radius 3 is 2.54 bits per heavy atom. The van der Waals surface area contributed by atoms with Crippen molar-refractivity contribution < 1.29 is 9.53 Å². The van der Waals surface area contributed by atoms with Crippen LogP contribution in [0.5, 0.6) is 0 Å². The average Bonchev–Trinajstić information content (AvgIpc) is 3.13. The summed E-state index contributed by atoms with van der Waals surface area (Å²) in [5.74, 6) is 3.03. The Bertz CT molecular complexity index is 1190. The summed E-state index contributed by atoms with van der Waals surface area (Å²) in [6.45, 7) is 13.5. The van der Waals surface area contributed by atoms with Crippen LogP contribution in [0.2, 0.25) is 0 Å². The van der Waals surface area contributed by atoms with Gasteiger partial charge >= 0.3 is 6.09 Å². The summed E-state index contributed by atoms with van der Waals surface area (Å²) in [4.78, 5) is 34.6. The molecule has 1 amide bonds. The maximum atomic E-state index is 12.4. The molecule has 10 heteroatoms. The van der Waals surface area contributed by atoms with Gasteiger partial charge in [-0.3, -0.25) is 0 Å². The van der Waals surface area contributed by atoms with Crippen LogP contribution in [0.25, 0.3) is 11.0 Å². The highest BCUT2D eigenvalue weighted by Gasteiger charge is 2.29. The van der Waals surface area contributed by atoms with Gasteiger partial charge in [0, 0.05) is 44.5 Å². The number of piperidine rings is 1. The summed E-state index contributed by atoms with van der Waals surface area (Å²) < 4.78 is 7.71. The van der Waals surface area contributed by atoms with E-state index in [9.17, 15) is 4.79 Å². The fourth-order valence-electron chi connectivity index (χ4n) is 4.48. The lowest BCUT2D eigenvalue weighted by Gasteiger charge is -2.37. The first-order valence-corrected chi connectivity index (χ1v) is 12.2. The first kappa shape index (κ1) is 24.7. The molecule has 3 aromatic heterocycles. The van der Waals surface area contributed by atoms with Gasteiger partial charge in [0.05, 0.1) is 11.7 Å². The predicted molar refractivity (Wildman–Crippen MR) is 137 cm³/mol. The second-order valence-corrected chi connectivity index (χ2v) is 10.4. The molecule has 1 aliphatic heterocycles. The number of carbonyl (C=O) groups is 1. The lowest BCUT2D eigenvalue weighted by molar-refractivity contribution is 0.0200. The number of hydrogen-bond donors (Lipinski definition) is 1. The van der Waals surface area contributed by atoms with Crippen molar-refractivity contribution >= 4 is 34.7 Å². The van der Waals surface area contributed by atoms with E-state index in [1.165, 1.54) is 0 Å². The maximum Gasteiger partial charge on any atom is 0.410 e. The van der Waals surface area contributed by atoms with E-state index in [-0.39, 0.29) is 12.1 Å². The van der Waals surface area contributed by atoms with Gasteiger partial charge in [0.25, 0.3) is 0 Å². The molecule has 35 heavy (non-hydrogen) atoms. The van der Waals surface area contributed by atoms with Gasteiger partial charge < -0.3 is 24.4 Å². The van der Waals surface area contributed by atoms with Crippen molar-refractivity contribution in [3.8, 4) is 0 Å². The Kier molecular flexibility index (Phi) is 6.82. The highest BCUT2D eigenvalue weighted by Crippen LogP contribution is 2.25. The van der Waals surface area contributed by atoms with Gasteiger partial charge in [-0.25, -0.2) is 19.7 Å². The predicted octanol–water partition coefficient (Wildman–Crippen LogP) is 4.69. The van der Waals surface area contributed by atoms with E-state index in [1.54, 1.807) is 17.3 Å². The number of amides is 1. The van der Waals surface area contributed by atoms with Crippen LogP contribution in [-0.2, 0) is 4.74 Å². The zero-order valence-electron chi connectivity index (χ0n) is 21.7. The molecular weight excluding hydrogens is 444 g/mol.